The predicted octanol–water partition coefficient (Wildman–Crippen LogP) is 3.04. The molecule has 0 aliphatic heterocycles. The van der Waals surface area contributed by atoms with Crippen molar-refractivity contribution < 1.29 is 9.84 Å². The summed E-state index contributed by atoms with van der Waals surface area (Å²) in [6, 6.07) is 8.30. The summed E-state index contributed by atoms with van der Waals surface area (Å²) in [5.74, 6) is 0.878. The van der Waals surface area contributed by atoms with Crippen LogP contribution < -0.4 is 10.1 Å². The summed E-state index contributed by atoms with van der Waals surface area (Å²) < 4.78 is 5.91. The molecule has 1 saturated carbocycles. The monoisotopic (exact) mass is 263 g/mol. The van der Waals surface area contributed by atoms with Crippen LogP contribution in [-0.4, -0.2) is 24.4 Å². The molecule has 1 aromatic carbocycles. The Morgan fingerprint density at radius 3 is 2.63 bits per heavy atom. The Bertz CT molecular complexity index is 399. The van der Waals surface area contributed by atoms with Crippen LogP contribution in [0.4, 0.5) is 0 Å². The summed E-state index contributed by atoms with van der Waals surface area (Å²) in [6.07, 6.45) is 5.16. The maximum absolute atomic E-state index is 10.5. The molecule has 1 aliphatic carbocycles. The fourth-order valence-corrected chi connectivity index (χ4v) is 2.69. The smallest absolute Gasteiger partial charge is 0.124 e. The van der Waals surface area contributed by atoms with Crippen molar-refractivity contribution in [2.75, 3.05) is 13.7 Å². The summed E-state index contributed by atoms with van der Waals surface area (Å²) in [6.45, 7) is 2.51. The van der Waals surface area contributed by atoms with Gasteiger partial charge in [-0.05, 0) is 32.9 Å². The molecule has 0 spiro atoms. The topological polar surface area (TPSA) is 41.5 Å². The Hall–Kier alpha value is -1.06. The van der Waals surface area contributed by atoms with Gasteiger partial charge in [0.15, 0.2) is 0 Å². The van der Waals surface area contributed by atoms with Gasteiger partial charge in [0.25, 0.3) is 0 Å². The number of ether oxygens (including phenoxy) is 1. The van der Waals surface area contributed by atoms with E-state index in [2.05, 4.69) is 18.3 Å². The van der Waals surface area contributed by atoms with Gasteiger partial charge in [-0.1, -0.05) is 37.5 Å². The largest absolute Gasteiger partial charge is 0.490 e. The molecular weight excluding hydrogens is 238 g/mol. The summed E-state index contributed by atoms with van der Waals surface area (Å²) in [5, 5.41) is 13.7. The number of hydrogen-bond donors (Lipinski definition) is 2. The minimum absolute atomic E-state index is 0.247. The Balaban J connectivity index is 2.02. The van der Waals surface area contributed by atoms with Crippen molar-refractivity contribution in [1.82, 2.24) is 5.32 Å². The van der Waals surface area contributed by atoms with Crippen molar-refractivity contribution >= 4 is 0 Å². The van der Waals surface area contributed by atoms with Crippen LogP contribution >= 0.6 is 0 Å². The Labute approximate surface area is 116 Å². The van der Waals surface area contributed by atoms with Crippen LogP contribution in [0.3, 0.4) is 0 Å². The second-order valence-corrected chi connectivity index (χ2v) is 5.62. The average Bonchev–Trinajstić information content (AvgIpc) is 2.45. The van der Waals surface area contributed by atoms with Crippen molar-refractivity contribution in [1.29, 1.82) is 0 Å². The van der Waals surface area contributed by atoms with Crippen molar-refractivity contribution in [2.24, 2.45) is 0 Å². The number of rotatable bonds is 5. The molecule has 3 nitrogen and oxygen atoms in total. The second-order valence-electron chi connectivity index (χ2n) is 5.62. The van der Waals surface area contributed by atoms with Crippen LogP contribution in [0.25, 0.3) is 0 Å². The van der Waals surface area contributed by atoms with Crippen molar-refractivity contribution in [3.05, 3.63) is 29.8 Å². The van der Waals surface area contributed by atoms with Crippen LogP contribution in [-0.2, 0) is 0 Å². The van der Waals surface area contributed by atoms with E-state index in [1.807, 2.05) is 25.2 Å². The molecule has 1 unspecified atom stereocenters. The van der Waals surface area contributed by atoms with Crippen LogP contribution in [0.15, 0.2) is 24.3 Å². The van der Waals surface area contributed by atoms with Gasteiger partial charge >= 0.3 is 0 Å². The van der Waals surface area contributed by atoms with Gasteiger partial charge in [0.2, 0.25) is 0 Å². The Morgan fingerprint density at radius 1 is 1.26 bits per heavy atom. The third-order valence-electron chi connectivity index (χ3n) is 4.10. The molecule has 3 heteroatoms. The predicted molar refractivity (Wildman–Crippen MR) is 77.4 cm³/mol. The molecule has 19 heavy (non-hydrogen) atoms. The highest BCUT2D eigenvalue weighted by Crippen LogP contribution is 2.30. The van der Waals surface area contributed by atoms with E-state index in [1.165, 1.54) is 6.42 Å². The first-order valence-electron chi connectivity index (χ1n) is 7.26. The average molecular weight is 263 g/mol. The number of aliphatic hydroxyl groups is 1. The fraction of sp³-hybridized carbons (Fsp3) is 0.625. The van der Waals surface area contributed by atoms with Crippen LogP contribution in [0.5, 0.6) is 5.75 Å². The second kappa shape index (κ2) is 6.40. The highest BCUT2D eigenvalue weighted by Gasteiger charge is 2.30. The van der Waals surface area contributed by atoms with Gasteiger partial charge in [-0.25, -0.2) is 0 Å². The lowest BCUT2D eigenvalue weighted by molar-refractivity contribution is -0.0341. The van der Waals surface area contributed by atoms with Crippen LogP contribution in [0, 0.1) is 0 Å². The zero-order valence-electron chi connectivity index (χ0n) is 12.0. The fourth-order valence-electron chi connectivity index (χ4n) is 2.69. The van der Waals surface area contributed by atoms with Gasteiger partial charge in [-0.15, -0.1) is 0 Å². The molecule has 1 fully saturated rings. The normalized spacial score (nSPS) is 19.9. The number of nitrogens with one attached hydrogen (secondary N) is 1. The van der Waals surface area contributed by atoms with Crippen LogP contribution in [0.2, 0.25) is 0 Å². The van der Waals surface area contributed by atoms with Gasteiger partial charge in [0.1, 0.15) is 12.4 Å². The third-order valence-corrected chi connectivity index (χ3v) is 4.10. The lowest BCUT2D eigenvalue weighted by Gasteiger charge is -2.32. The molecule has 106 valence electrons. The SMILES string of the molecule is CNC(C)c1ccccc1OCC1(O)CCCCC1. The minimum atomic E-state index is -0.631. The molecule has 0 amide bonds. The standard InChI is InChI=1S/C16H25NO2/c1-13(17-2)14-8-4-5-9-15(14)19-12-16(18)10-6-3-7-11-16/h4-5,8-9,13,17-18H,3,6-7,10-12H2,1-2H3. The molecule has 0 bridgehead atoms. The molecule has 1 atom stereocenters. The first kappa shape index (κ1) is 14.4. The number of hydrogen-bond acceptors (Lipinski definition) is 3. The van der Waals surface area contributed by atoms with Crippen molar-refractivity contribution in [2.45, 2.75) is 50.7 Å². The van der Waals surface area contributed by atoms with E-state index in [-0.39, 0.29) is 6.04 Å². The Kier molecular flexibility index (Phi) is 4.83. The van der Waals surface area contributed by atoms with Crippen LogP contribution in [0.1, 0.15) is 50.6 Å². The van der Waals surface area contributed by atoms with Gasteiger partial charge in [-0.2, -0.15) is 0 Å². The summed E-state index contributed by atoms with van der Waals surface area (Å²) in [4.78, 5) is 0. The molecule has 0 heterocycles. The van der Waals surface area contributed by atoms with Crippen molar-refractivity contribution in [3.8, 4) is 5.75 Å². The quantitative estimate of drug-likeness (QED) is 0.858. The maximum Gasteiger partial charge on any atom is 0.124 e. The molecule has 1 aliphatic rings. The summed E-state index contributed by atoms with van der Waals surface area (Å²) in [7, 11) is 1.94. The number of benzene rings is 1. The lowest BCUT2D eigenvalue weighted by Crippen LogP contribution is -2.38. The van der Waals surface area contributed by atoms with E-state index in [9.17, 15) is 5.11 Å². The van der Waals surface area contributed by atoms with Gasteiger partial charge < -0.3 is 15.2 Å². The molecular formula is C16H25NO2. The zero-order chi connectivity index (χ0) is 13.7. The van der Waals surface area contributed by atoms with E-state index < -0.39 is 5.60 Å². The maximum atomic E-state index is 10.5. The van der Waals surface area contributed by atoms with E-state index in [0.29, 0.717) is 6.61 Å². The van der Waals surface area contributed by atoms with Gasteiger partial charge in [-0.3, -0.25) is 0 Å². The van der Waals surface area contributed by atoms with E-state index >= 15 is 0 Å². The first-order chi connectivity index (χ1) is 9.14. The van der Waals surface area contributed by atoms with E-state index in [4.69, 9.17) is 4.74 Å². The zero-order valence-corrected chi connectivity index (χ0v) is 12.0. The van der Waals surface area contributed by atoms with Gasteiger partial charge in [0, 0.05) is 11.6 Å². The molecule has 0 saturated heterocycles. The molecule has 0 aromatic heterocycles. The molecule has 1 aromatic rings. The van der Waals surface area contributed by atoms with E-state index in [1.54, 1.807) is 0 Å². The number of para-hydroxylation sites is 1. The highest BCUT2D eigenvalue weighted by atomic mass is 16.5. The van der Waals surface area contributed by atoms with E-state index in [0.717, 1.165) is 37.0 Å². The molecule has 0 radical (unpaired) electrons. The Morgan fingerprint density at radius 2 is 1.95 bits per heavy atom. The highest BCUT2D eigenvalue weighted by molar-refractivity contribution is 5.35. The van der Waals surface area contributed by atoms with Gasteiger partial charge in [0.05, 0.1) is 5.60 Å². The summed E-state index contributed by atoms with van der Waals surface area (Å²) >= 11 is 0. The first-order valence-corrected chi connectivity index (χ1v) is 7.26. The lowest BCUT2D eigenvalue weighted by atomic mass is 9.85. The minimum Gasteiger partial charge on any atom is -0.490 e. The summed E-state index contributed by atoms with van der Waals surface area (Å²) in [5.41, 5.74) is 0.512. The molecule has 2 rings (SSSR count). The molecule has 2 N–H and O–H groups in total. The van der Waals surface area contributed by atoms with Crippen molar-refractivity contribution in [3.63, 3.8) is 0 Å². The third kappa shape index (κ3) is 3.71.